The number of rotatable bonds is 2. The zero-order valence-corrected chi connectivity index (χ0v) is 14.8. The number of para-hydroxylation sites is 2. The van der Waals surface area contributed by atoms with E-state index < -0.39 is 17.8 Å². The molecule has 2 aliphatic heterocycles. The predicted molar refractivity (Wildman–Crippen MR) is 90.7 cm³/mol. The molecular weight excluding hydrogens is 324 g/mol. The minimum Gasteiger partial charge on any atom is -0.485 e. The Labute approximate surface area is 147 Å². The highest BCUT2D eigenvalue weighted by Crippen LogP contribution is 2.31. The summed E-state index contributed by atoms with van der Waals surface area (Å²) in [5.41, 5.74) is -0.543. The van der Waals surface area contributed by atoms with Crippen LogP contribution in [-0.2, 0) is 9.53 Å². The number of nitrogens with one attached hydrogen (secondary N) is 1. The number of fused-ring (bicyclic) bond motifs is 1. The lowest BCUT2D eigenvalue weighted by atomic mass is 10.2. The van der Waals surface area contributed by atoms with E-state index in [-0.39, 0.29) is 18.6 Å². The van der Waals surface area contributed by atoms with Crippen LogP contribution in [0.25, 0.3) is 0 Å². The first-order valence-electron chi connectivity index (χ1n) is 8.48. The van der Waals surface area contributed by atoms with Gasteiger partial charge in [-0.15, -0.1) is 0 Å². The van der Waals surface area contributed by atoms with Crippen LogP contribution in [0.2, 0.25) is 0 Å². The van der Waals surface area contributed by atoms with Crippen LogP contribution in [0.5, 0.6) is 11.5 Å². The van der Waals surface area contributed by atoms with Gasteiger partial charge in [-0.1, -0.05) is 12.1 Å². The summed E-state index contributed by atoms with van der Waals surface area (Å²) in [7, 11) is 0. The molecule has 0 saturated carbocycles. The van der Waals surface area contributed by atoms with Gasteiger partial charge >= 0.3 is 6.09 Å². The standard InChI is InChI=1S/C18H24N2O5/c1-18(2,3)25-17(22)19-12-8-9-20(10-12)16(21)15-11-23-13-6-4-5-7-14(13)24-15/h4-7,12,15H,8-11H2,1-3H3,(H,19,22)/t12-,15+/m1/s1. The molecule has 7 heteroatoms. The van der Waals surface area contributed by atoms with Crippen LogP contribution in [0.4, 0.5) is 4.79 Å². The monoisotopic (exact) mass is 348 g/mol. The van der Waals surface area contributed by atoms with Gasteiger partial charge in [-0.05, 0) is 39.3 Å². The molecule has 0 bridgehead atoms. The molecule has 3 rings (SSSR count). The van der Waals surface area contributed by atoms with E-state index in [0.29, 0.717) is 31.0 Å². The number of hydrogen-bond acceptors (Lipinski definition) is 5. The maximum atomic E-state index is 12.6. The number of nitrogens with zero attached hydrogens (tertiary/aromatic N) is 1. The van der Waals surface area contributed by atoms with Crippen molar-refractivity contribution in [2.75, 3.05) is 19.7 Å². The number of likely N-dealkylation sites (tertiary alicyclic amines) is 1. The second-order valence-corrected chi connectivity index (χ2v) is 7.28. The van der Waals surface area contributed by atoms with Crippen LogP contribution in [0.1, 0.15) is 27.2 Å². The summed E-state index contributed by atoms with van der Waals surface area (Å²) < 4.78 is 16.6. The normalized spacial score (nSPS) is 22.4. The fourth-order valence-electron chi connectivity index (χ4n) is 2.90. The Balaban J connectivity index is 1.52. The highest BCUT2D eigenvalue weighted by Gasteiger charge is 2.35. The second-order valence-electron chi connectivity index (χ2n) is 7.28. The van der Waals surface area contributed by atoms with E-state index in [1.54, 1.807) is 11.0 Å². The number of amides is 2. The van der Waals surface area contributed by atoms with E-state index in [1.807, 2.05) is 39.0 Å². The molecule has 1 fully saturated rings. The van der Waals surface area contributed by atoms with Gasteiger partial charge in [-0.3, -0.25) is 4.79 Å². The number of carbonyl (C=O) groups excluding carboxylic acids is 2. The van der Waals surface area contributed by atoms with E-state index in [1.165, 1.54) is 0 Å². The molecule has 1 aromatic carbocycles. The summed E-state index contributed by atoms with van der Waals surface area (Å²) in [6.07, 6.45) is -0.428. The minimum absolute atomic E-state index is 0.115. The van der Waals surface area contributed by atoms with Crippen molar-refractivity contribution in [2.45, 2.75) is 44.9 Å². The van der Waals surface area contributed by atoms with Crippen molar-refractivity contribution in [1.82, 2.24) is 10.2 Å². The highest BCUT2D eigenvalue weighted by atomic mass is 16.6. The summed E-state index contributed by atoms with van der Waals surface area (Å²) in [6.45, 7) is 6.65. The number of benzene rings is 1. The Morgan fingerprint density at radius 1 is 1.24 bits per heavy atom. The first-order valence-corrected chi connectivity index (χ1v) is 8.48. The van der Waals surface area contributed by atoms with Crippen LogP contribution in [0.15, 0.2) is 24.3 Å². The summed E-state index contributed by atoms with van der Waals surface area (Å²) in [5, 5.41) is 2.81. The molecule has 2 heterocycles. The molecule has 0 unspecified atom stereocenters. The van der Waals surface area contributed by atoms with Gasteiger partial charge in [0.1, 0.15) is 12.2 Å². The first-order chi connectivity index (χ1) is 11.8. The summed E-state index contributed by atoms with van der Waals surface area (Å²) in [5.74, 6) is 1.11. The third-order valence-electron chi connectivity index (χ3n) is 4.00. The Kier molecular flexibility index (Phi) is 4.74. The zero-order chi connectivity index (χ0) is 18.0. The smallest absolute Gasteiger partial charge is 0.407 e. The van der Waals surface area contributed by atoms with Gasteiger partial charge in [-0.2, -0.15) is 0 Å². The third kappa shape index (κ3) is 4.35. The predicted octanol–water partition coefficient (Wildman–Crippen LogP) is 1.95. The highest BCUT2D eigenvalue weighted by molar-refractivity contribution is 5.82. The third-order valence-corrected chi connectivity index (χ3v) is 4.00. The summed E-state index contributed by atoms with van der Waals surface area (Å²) in [6, 6.07) is 7.18. The summed E-state index contributed by atoms with van der Waals surface area (Å²) >= 11 is 0. The second kappa shape index (κ2) is 6.82. The number of alkyl carbamates (subject to hydrolysis) is 1. The average molecular weight is 348 g/mol. The Bertz CT molecular complexity index is 655. The maximum Gasteiger partial charge on any atom is 0.407 e. The van der Waals surface area contributed by atoms with Crippen molar-refractivity contribution in [3.8, 4) is 11.5 Å². The van der Waals surface area contributed by atoms with E-state index in [9.17, 15) is 9.59 Å². The van der Waals surface area contributed by atoms with Gasteiger partial charge < -0.3 is 24.4 Å². The van der Waals surface area contributed by atoms with Gasteiger partial charge in [0.2, 0.25) is 6.10 Å². The molecule has 1 aromatic rings. The Morgan fingerprint density at radius 3 is 2.68 bits per heavy atom. The molecule has 2 amide bonds. The molecular formula is C18H24N2O5. The van der Waals surface area contributed by atoms with E-state index in [2.05, 4.69) is 5.32 Å². The Morgan fingerprint density at radius 2 is 1.96 bits per heavy atom. The van der Waals surface area contributed by atoms with Gasteiger partial charge in [0.25, 0.3) is 5.91 Å². The minimum atomic E-state index is -0.657. The first kappa shape index (κ1) is 17.4. The quantitative estimate of drug-likeness (QED) is 0.884. The average Bonchev–Trinajstić information content (AvgIpc) is 3.00. The molecule has 2 atom stereocenters. The molecule has 0 radical (unpaired) electrons. The van der Waals surface area contributed by atoms with Crippen molar-refractivity contribution in [1.29, 1.82) is 0 Å². The van der Waals surface area contributed by atoms with Crippen LogP contribution in [0.3, 0.4) is 0 Å². The van der Waals surface area contributed by atoms with Crippen LogP contribution < -0.4 is 14.8 Å². The Hall–Kier alpha value is -2.44. The van der Waals surface area contributed by atoms with Crippen molar-refractivity contribution in [2.24, 2.45) is 0 Å². The van der Waals surface area contributed by atoms with Crippen molar-refractivity contribution in [3.05, 3.63) is 24.3 Å². The number of ether oxygens (including phenoxy) is 3. The molecule has 2 aliphatic rings. The topological polar surface area (TPSA) is 77.1 Å². The van der Waals surface area contributed by atoms with E-state index in [4.69, 9.17) is 14.2 Å². The molecule has 0 aromatic heterocycles. The van der Waals surface area contributed by atoms with Crippen LogP contribution in [-0.4, -0.2) is 54.3 Å². The molecule has 25 heavy (non-hydrogen) atoms. The lowest BCUT2D eigenvalue weighted by Gasteiger charge is -2.28. The lowest BCUT2D eigenvalue weighted by Crippen LogP contribution is -2.47. The molecule has 136 valence electrons. The van der Waals surface area contributed by atoms with E-state index >= 15 is 0 Å². The van der Waals surface area contributed by atoms with Crippen molar-refractivity contribution < 1.29 is 23.8 Å². The SMILES string of the molecule is CC(C)(C)OC(=O)N[C@@H]1CCN(C(=O)[C@@H]2COc3ccccc3O2)C1. The summed E-state index contributed by atoms with van der Waals surface area (Å²) in [4.78, 5) is 26.2. The lowest BCUT2D eigenvalue weighted by molar-refractivity contribution is -0.140. The fraction of sp³-hybridized carbons (Fsp3) is 0.556. The molecule has 0 spiro atoms. The number of carbonyl (C=O) groups is 2. The molecule has 1 N–H and O–H groups in total. The largest absolute Gasteiger partial charge is 0.485 e. The van der Waals surface area contributed by atoms with Gasteiger partial charge in [0.15, 0.2) is 11.5 Å². The zero-order valence-electron chi connectivity index (χ0n) is 14.8. The number of hydrogen-bond donors (Lipinski definition) is 1. The van der Waals surface area contributed by atoms with Crippen molar-refractivity contribution >= 4 is 12.0 Å². The van der Waals surface area contributed by atoms with Crippen molar-refractivity contribution in [3.63, 3.8) is 0 Å². The van der Waals surface area contributed by atoms with Gasteiger partial charge in [-0.25, -0.2) is 4.79 Å². The molecule has 7 nitrogen and oxygen atoms in total. The van der Waals surface area contributed by atoms with E-state index in [0.717, 1.165) is 0 Å². The molecule has 1 saturated heterocycles. The van der Waals surface area contributed by atoms with Gasteiger partial charge in [0.05, 0.1) is 6.04 Å². The van der Waals surface area contributed by atoms with Gasteiger partial charge in [0, 0.05) is 13.1 Å². The fourth-order valence-corrected chi connectivity index (χ4v) is 2.90. The van der Waals surface area contributed by atoms with Crippen LogP contribution in [0, 0.1) is 0 Å². The maximum absolute atomic E-state index is 12.6. The molecule has 0 aliphatic carbocycles. The van der Waals surface area contributed by atoms with Crippen LogP contribution >= 0.6 is 0 Å².